The summed E-state index contributed by atoms with van der Waals surface area (Å²) < 4.78 is 15.6. The number of amides is 2. The average molecular weight is 417 g/mol. The van der Waals surface area contributed by atoms with Crippen LogP contribution < -0.4 is 10.6 Å². The molecule has 0 saturated carbocycles. The first-order valence-electron chi connectivity index (χ1n) is 8.76. The predicted octanol–water partition coefficient (Wildman–Crippen LogP) is 2.85. The summed E-state index contributed by atoms with van der Waals surface area (Å²) in [4.78, 5) is 25.3. The van der Waals surface area contributed by atoms with E-state index >= 15 is 0 Å². The maximum atomic E-state index is 14.2. The molecule has 1 atom stereocenters. The number of nitrogens with zero attached hydrogens (tertiary/aromatic N) is 4. The highest BCUT2D eigenvalue weighted by molar-refractivity contribution is 6.33. The molecule has 2 amide bonds. The highest BCUT2D eigenvalue weighted by Crippen LogP contribution is 2.20. The number of hydrogen-bond acceptors (Lipinski definition) is 5. The van der Waals surface area contributed by atoms with E-state index in [2.05, 4.69) is 26.2 Å². The summed E-state index contributed by atoms with van der Waals surface area (Å²) in [5.74, 6) is -1.94. The fourth-order valence-electron chi connectivity index (χ4n) is 2.64. The van der Waals surface area contributed by atoms with Crippen LogP contribution >= 0.6 is 11.6 Å². The van der Waals surface area contributed by atoms with Gasteiger partial charge < -0.3 is 10.6 Å². The lowest BCUT2D eigenvalue weighted by Crippen LogP contribution is -2.47. The van der Waals surface area contributed by atoms with Gasteiger partial charge in [-0.15, -0.1) is 5.10 Å². The van der Waals surface area contributed by atoms with Crippen molar-refractivity contribution in [3.8, 4) is 5.69 Å². The molecule has 1 unspecified atom stereocenters. The molecule has 2 N–H and O–H groups in total. The van der Waals surface area contributed by atoms with E-state index in [1.54, 1.807) is 38.1 Å². The van der Waals surface area contributed by atoms with Crippen LogP contribution in [0.15, 0.2) is 48.8 Å². The minimum absolute atomic E-state index is 0.0550. The van der Waals surface area contributed by atoms with Crippen molar-refractivity contribution in [1.29, 1.82) is 0 Å². The van der Waals surface area contributed by atoms with Crippen LogP contribution in [0.25, 0.3) is 5.69 Å². The molecule has 0 bridgehead atoms. The van der Waals surface area contributed by atoms with Crippen molar-refractivity contribution in [1.82, 2.24) is 25.5 Å². The highest BCUT2D eigenvalue weighted by atomic mass is 35.5. The molecular weight excluding hydrogens is 399 g/mol. The molecule has 0 aliphatic carbocycles. The monoisotopic (exact) mass is 416 g/mol. The normalized spacial score (nSPS) is 11.9. The Labute approximate surface area is 171 Å². The number of hydrogen-bond donors (Lipinski definition) is 2. The van der Waals surface area contributed by atoms with Gasteiger partial charge in [-0.05, 0) is 46.7 Å². The van der Waals surface area contributed by atoms with Gasteiger partial charge in [0.1, 0.15) is 18.2 Å². The van der Waals surface area contributed by atoms with Gasteiger partial charge >= 0.3 is 0 Å². The summed E-state index contributed by atoms with van der Waals surface area (Å²) in [7, 11) is 0. The Morgan fingerprint density at radius 1 is 1.17 bits per heavy atom. The quantitative estimate of drug-likeness (QED) is 0.643. The molecular formula is C19H18ClFN6O2. The van der Waals surface area contributed by atoms with Gasteiger partial charge in [0, 0.05) is 0 Å². The van der Waals surface area contributed by atoms with Gasteiger partial charge in [0.25, 0.3) is 5.91 Å². The van der Waals surface area contributed by atoms with E-state index in [-0.39, 0.29) is 22.2 Å². The molecule has 2 aromatic carbocycles. The van der Waals surface area contributed by atoms with Crippen LogP contribution in [0.2, 0.25) is 5.02 Å². The number of carbonyl (C=O) groups excluding carboxylic acids is 2. The molecule has 150 valence electrons. The van der Waals surface area contributed by atoms with E-state index in [1.807, 2.05) is 0 Å². The highest BCUT2D eigenvalue weighted by Gasteiger charge is 2.26. The molecule has 0 spiro atoms. The van der Waals surface area contributed by atoms with E-state index in [0.717, 1.165) is 0 Å². The van der Waals surface area contributed by atoms with Crippen LogP contribution in [-0.4, -0.2) is 38.1 Å². The number of nitrogens with one attached hydrogen (secondary N) is 2. The number of anilines is 1. The number of carbonyl (C=O) groups is 2. The van der Waals surface area contributed by atoms with Gasteiger partial charge in [-0.3, -0.25) is 9.59 Å². The van der Waals surface area contributed by atoms with Crippen molar-refractivity contribution in [3.63, 3.8) is 0 Å². The summed E-state index contributed by atoms with van der Waals surface area (Å²) in [6.07, 6.45) is 1.35. The average Bonchev–Trinajstić information content (AvgIpc) is 3.22. The van der Waals surface area contributed by atoms with Crippen LogP contribution in [0.3, 0.4) is 0 Å². The number of halogens is 2. The molecule has 1 aromatic heterocycles. The minimum atomic E-state index is -0.908. The fraction of sp³-hybridized carbons (Fsp3) is 0.211. The van der Waals surface area contributed by atoms with E-state index in [0.29, 0.717) is 5.69 Å². The Morgan fingerprint density at radius 3 is 2.59 bits per heavy atom. The van der Waals surface area contributed by atoms with Crippen LogP contribution in [0.4, 0.5) is 10.1 Å². The van der Waals surface area contributed by atoms with Crippen molar-refractivity contribution >= 4 is 29.1 Å². The first-order valence-corrected chi connectivity index (χ1v) is 9.13. The second-order valence-electron chi connectivity index (χ2n) is 6.58. The molecule has 0 aliphatic heterocycles. The van der Waals surface area contributed by atoms with Crippen LogP contribution in [0.5, 0.6) is 0 Å². The van der Waals surface area contributed by atoms with Crippen molar-refractivity contribution in [3.05, 3.63) is 65.2 Å². The van der Waals surface area contributed by atoms with E-state index < -0.39 is 23.7 Å². The largest absolute Gasteiger partial charge is 0.340 e. The number of aromatic nitrogens is 4. The van der Waals surface area contributed by atoms with Gasteiger partial charge in [0.05, 0.1) is 22.0 Å². The van der Waals surface area contributed by atoms with Crippen molar-refractivity contribution in [2.75, 3.05) is 5.32 Å². The molecule has 0 fully saturated rings. The maximum absolute atomic E-state index is 14.2. The van der Waals surface area contributed by atoms with E-state index in [1.165, 1.54) is 29.2 Å². The van der Waals surface area contributed by atoms with Gasteiger partial charge in [-0.2, -0.15) is 0 Å². The van der Waals surface area contributed by atoms with Crippen LogP contribution in [-0.2, 0) is 4.79 Å². The van der Waals surface area contributed by atoms with E-state index in [9.17, 15) is 14.0 Å². The molecule has 0 radical (unpaired) electrons. The number of benzene rings is 2. The molecule has 29 heavy (non-hydrogen) atoms. The second kappa shape index (κ2) is 8.78. The molecule has 8 nitrogen and oxygen atoms in total. The predicted molar refractivity (Wildman–Crippen MR) is 105 cm³/mol. The topological polar surface area (TPSA) is 102 Å². The SMILES string of the molecule is CC(C)C(NC(=O)c1ccccc1Cl)C(=O)Nc1cc(-n2cnnn2)ccc1F. The lowest BCUT2D eigenvalue weighted by Gasteiger charge is -2.22. The lowest BCUT2D eigenvalue weighted by molar-refractivity contribution is -0.118. The number of tetrazole rings is 1. The van der Waals surface area contributed by atoms with Gasteiger partial charge in [-0.25, -0.2) is 9.07 Å². The van der Waals surface area contributed by atoms with Crippen molar-refractivity contribution in [2.24, 2.45) is 5.92 Å². The molecule has 3 rings (SSSR count). The Bertz CT molecular complexity index is 1030. The van der Waals surface area contributed by atoms with Crippen molar-refractivity contribution < 1.29 is 14.0 Å². The third kappa shape index (κ3) is 4.75. The maximum Gasteiger partial charge on any atom is 0.253 e. The van der Waals surface area contributed by atoms with Gasteiger partial charge in [0.2, 0.25) is 5.91 Å². The standard InChI is InChI=1S/C19H18ClFN6O2/c1-11(2)17(24-18(28)13-5-3-4-6-14(13)20)19(29)23-16-9-12(7-8-15(16)21)27-10-22-25-26-27/h3-11,17H,1-2H3,(H,23,29)(H,24,28). The molecule has 1 heterocycles. The van der Waals surface area contributed by atoms with Gasteiger partial charge in [0.15, 0.2) is 0 Å². The Kier molecular flexibility index (Phi) is 6.18. The summed E-state index contributed by atoms with van der Waals surface area (Å²) in [6, 6.07) is 9.67. The number of rotatable bonds is 6. The second-order valence-corrected chi connectivity index (χ2v) is 6.99. The zero-order valence-electron chi connectivity index (χ0n) is 15.6. The summed E-state index contributed by atoms with van der Waals surface area (Å²) in [5, 5.41) is 16.2. The zero-order chi connectivity index (χ0) is 21.0. The molecule has 0 aliphatic rings. The first-order chi connectivity index (χ1) is 13.9. The summed E-state index contributed by atoms with van der Waals surface area (Å²) in [5.41, 5.74) is 0.660. The molecule has 3 aromatic rings. The van der Waals surface area contributed by atoms with Crippen LogP contribution in [0, 0.1) is 11.7 Å². The summed E-state index contributed by atoms with van der Waals surface area (Å²) >= 11 is 6.05. The molecule has 10 heteroatoms. The molecule has 0 saturated heterocycles. The Balaban J connectivity index is 1.79. The van der Waals surface area contributed by atoms with Crippen molar-refractivity contribution in [2.45, 2.75) is 19.9 Å². The van der Waals surface area contributed by atoms with E-state index in [4.69, 9.17) is 11.6 Å². The minimum Gasteiger partial charge on any atom is -0.340 e. The third-order valence-electron chi connectivity index (χ3n) is 4.18. The Hall–Kier alpha value is -3.33. The Morgan fingerprint density at radius 2 is 1.93 bits per heavy atom. The van der Waals surface area contributed by atoms with Crippen LogP contribution in [0.1, 0.15) is 24.2 Å². The first kappa shape index (κ1) is 20.4. The third-order valence-corrected chi connectivity index (χ3v) is 4.51. The van der Waals surface area contributed by atoms with Gasteiger partial charge in [-0.1, -0.05) is 37.6 Å². The smallest absolute Gasteiger partial charge is 0.253 e. The zero-order valence-corrected chi connectivity index (χ0v) is 16.4. The fourth-order valence-corrected chi connectivity index (χ4v) is 2.86. The summed E-state index contributed by atoms with van der Waals surface area (Å²) in [6.45, 7) is 3.54. The lowest BCUT2D eigenvalue weighted by atomic mass is 10.0.